The number of thioether (sulfide) groups is 1. The van der Waals surface area contributed by atoms with Crippen LogP contribution >= 0.6 is 11.8 Å². The summed E-state index contributed by atoms with van der Waals surface area (Å²) in [6, 6.07) is 12.4. The quantitative estimate of drug-likeness (QED) is 0.707. The molecule has 9 heteroatoms. The van der Waals surface area contributed by atoms with Crippen LogP contribution in [0.3, 0.4) is 0 Å². The molecule has 1 atom stereocenters. The number of ketones is 1. The summed E-state index contributed by atoms with van der Waals surface area (Å²) in [7, 11) is -3.66. The number of rotatable bonds is 4. The van der Waals surface area contributed by atoms with Crippen LogP contribution in [0.4, 0.5) is 11.4 Å². The predicted molar refractivity (Wildman–Crippen MR) is 122 cm³/mol. The standard InChI is InChI=1S/C22H25N3O4S2/c1-15-13-22(27)23-20-14-19(7-8-21(20)30-15)31(28,29)25-11-9-24(10-12-25)18-5-3-17(4-6-18)16(2)26/h3-8,14-15H,9-13H2,1-2H3,(H,23,27)/t15-/m0/s1. The van der Waals surface area contributed by atoms with E-state index in [1.807, 2.05) is 19.1 Å². The van der Waals surface area contributed by atoms with Crippen LogP contribution in [0, 0.1) is 0 Å². The lowest BCUT2D eigenvalue weighted by molar-refractivity contribution is -0.116. The fourth-order valence-electron chi connectivity index (χ4n) is 3.83. The average Bonchev–Trinajstić information content (AvgIpc) is 2.89. The van der Waals surface area contributed by atoms with Crippen molar-refractivity contribution in [3.63, 3.8) is 0 Å². The van der Waals surface area contributed by atoms with Gasteiger partial charge in [0.1, 0.15) is 0 Å². The highest BCUT2D eigenvalue weighted by molar-refractivity contribution is 8.00. The van der Waals surface area contributed by atoms with Crippen LogP contribution in [-0.4, -0.2) is 55.8 Å². The Morgan fingerprint density at radius 3 is 2.39 bits per heavy atom. The average molecular weight is 460 g/mol. The maximum Gasteiger partial charge on any atom is 0.243 e. The van der Waals surface area contributed by atoms with Gasteiger partial charge in [0.2, 0.25) is 15.9 Å². The van der Waals surface area contributed by atoms with Crippen molar-refractivity contribution in [2.45, 2.75) is 35.3 Å². The highest BCUT2D eigenvalue weighted by atomic mass is 32.2. The van der Waals surface area contributed by atoms with Crippen LogP contribution in [0.2, 0.25) is 0 Å². The van der Waals surface area contributed by atoms with Crippen molar-refractivity contribution in [1.29, 1.82) is 0 Å². The molecular formula is C22H25N3O4S2. The minimum atomic E-state index is -3.66. The Kier molecular flexibility index (Phi) is 6.09. The molecule has 0 bridgehead atoms. The van der Waals surface area contributed by atoms with Gasteiger partial charge in [0, 0.05) is 54.0 Å². The summed E-state index contributed by atoms with van der Waals surface area (Å²) in [5, 5.41) is 2.97. The molecule has 0 spiro atoms. The molecule has 1 fully saturated rings. The van der Waals surface area contributed by atoms with Crippen molar-refractivity contribution in [3.8, 4) is 0 Å². The first-order valence-electron chi connectivity index (χ1n) is 10.2. The number of carbonyl (C=O) groups excluding carboxylic acids is 2. The topological polar surface area (TPSA) is 86.8 Å². The second kappa shape index (κ2) is 8.64. The Labute approximate surface area is 186 Å². The van der Waals surface area contributed by atoms with Crippen molar-refractivity contribution >= 4 is 44.9 Å². The zero-order valence-corrected chi connectivity index (χ0v) is 19.1. The molecule has 2 aromatic carbocycles. The number of hydrogen-bond donors (Lipinski definition) is 1. The van der Waals surface area contributed by atoms with Crippen molar-refractivity contribution in [3.05, 3.63) is 48.0 Å². The molecule has 0 radical (unpaired) electrons. The Morgan fingerprint density at radius 1 is 1.06 bits per heavy atom. The number of sulfonamides is 1. The molecule has 2 aliphatic rings. The summed E-state index contributed by atoms with van der Waals surface area (Å²) in [6.45, 7) is 5.38. The molecule has 1 N–H and O–H groups in total. The van der Waals surface area contributed by atoms with Crippen molar-refractivity contribution < 1.29 is 18.0 Å². The van der Waals surface area contributed by atoms with Crippen LogP contribution in [0.1, 0.15) is 30.6 Å². The monoisotopic (exact) mass is 459 g/mol. The second-order valence-corrected chi connectivity index (χ2v) is 11.3. The SMILES string of the molecule is CC(=O)c1ccc(N2CCN(S(=O)(=O)c3ccc4c(c3)NC(=O)C[C@H](C)S4)CC2)cc1. The van der Waals surface area contributed by atoms with Gasteiger partial charge in [-0.05, 0) is 49.4 Å². The number of nitrogens with zero attached hydrogens (tertiary/aromatic N) is 2. The number of piperazine rings is 1. The number of amides is 1. The van der Waals surface area contributed by atoms with Crippen LogP contribution < -0.4 is 10.2 Å². The number of nitrogens with one attached hydrogen (secondary N) is 1. The number of carbonyl (C=O) groups is 2. The maximum atomic E-state index is 13.2. The first-order valence-corrected chi connectivity index (χ1v) is 12.5. The minimum Gasteiger partial charge on any atom is -0.369 e. The third kappa shape index (κ3) is 4.63. The summed E-state index contributed by atoms with van der Waals surface area (Å²) in [5.41, 5.74) is 2.19. The summed E-state index contributed by atoms with van der Waals surface area (Å²) < 4.78 is 27.9. The smallest absolute Gasteiger partial charge is 0.243 e. The molecule has 1 amide bonds. The molecule has 4 rings (SSSR count). The summed E-state index contributed by atoms with van der Waals surface area (Å²) in [5.74, 6) is -0.0787. The number of Topliss-reactive ketones (excluding diaryl/α,β-unsaturated/α-hetero) is 1. The van der Waals surface area contributed by atoms with Gasteiger partial charge >= 0.3 is 0 Å². The van der Waals surface area contributed by atoms with E-state index in [0.29, 0.717) is 43.9 Å². The zero-order chi connectivity index (χ0) is 22.2. The van der Waals surface area contributed by atoms with E-state index in [1.54, 1.807) is 42.1 Å². The molecule has 164 valence electrons. The van der Waals surface area contributed by atoms with Gasteiger partial charge < -0.3 is 10.2 Å². The first kappa shape index (κ1) is 21.9. The van der Waals surface area contributed by atoms with E-state index in [4.69, 9.17) is 0 Å². The summed E-state index contributed by atoms with van der Waals surface area (Å²) in [6.07, 6.45) is 0.400. The van der Waals surface area contributed by atoms with Crippen LogP contribution in [0.5, 0.6) is 0 Å². The summed E-state index contributed by atoms with van der Waals surface area (Å²) in [4.78, 5) is 26.7. The molecule has 0 aromatic heterocycles. The fraction of sp³-hybridized carbons (Fsp3) is 0.364. The minimum absolute atomic E-state index is 0.0206. The molecule has 0 aliphatic carbocycles. The van der Waals surface area contributed by atoms with Crippen molar-refractivity contribution in [2.75, 3.05) is 36.4 Å². The van der Waals surface area contributed by atoms with Gasteiger partial charge in [-0.1, -0.05) is 6.92 Å². The molecule has 2 aliphatic heterocycles. The van der Waals surface area contributed by atoms with Gasteiger partial charge in [0.05, 0.1) is 10.6 Å². The van der Waals surface area contributed by atoms with Gasteiger partial charge in [-0.3, -0.25) is 9.59 Å². The van der Waals surface area contributed by atoms with Crippen LogP contribution in [-0.2, 0) is 14.8 Å². The van der Waals surface area contributed by atoms with E-state index in [0.717, 1.165) is 10.6 Å². The first-order chi connectivity index (χ1) is 14.7. The van der Waals surface area contributed by atoms with E-state index in [-0.39, 0.29) is 21.8 Å². The lowest BCUT2D eigenvalue weighted by Gasteiger charge is -2.35. The van der Waals surface area contributed by atoms with E-state index in [1.165, 1.54) is 11.2 Å². The normalized spacial score (nSPS) is 20.0. The third-order valence-corrected chi connectivity index (χ3v) is 8.62. The van der Waals surface area contributed by atoms with Crippen LogP contribution in [0.15, 0.2) is 52.3 Å². The second-order valence-electron chi connectivity index (χ2n) is 7.83. The van der Waals surface area contributed by atoms with Gasteiger partial charge in [-0.25, -0.2) is 8.42 Å². The lowest BCUT2D eigenvalue weighted by Crippen LogP contribution is -2.48. The Balaban J connectivity index is 1.48. The van der Waals surface area contributed by atoms with Gasteiger partial charge in [0.25, 0.3) is 0 Å². The Hall–Kier alpha value is -2.36. The van der Waals surface area contributed by atoms with Crippen molar-refractivity contribution in [1.82, 2.24) is 4.31 Å². The Bertz CT molecular complexity index is 1110. The molecule has 1 saturated heterocycles. The van der Waals surface area contributed by atoms with E-state index in [2.05, 4.69) is 10.2 Å². The van der Waals surface area contributed by atoms with E-state index in [9.17, 15) is 18.0 Å². The number of hydrogen-bond acceptors (Lipinski definition) is 6. The molecular weight excluding hydrogens is 434 g/mol. The Morgan fingerprint density at radius 2 is 1.74 bits per heavy atom. The fourth-order valence-corrected chi connectivity index (χ4v) is 6.33. The largest absolute Gasteiger partial charge is 0.369 e. The van der Waals surface area contributed by atoms with Gasteiger partial charge in [-0.2, -0.15) is 4.31 Å². The third-order valence-electron chi connectivity index (χ3n) is 5.54. The van der Waals surface area contributed by atoms with E-state index < -0.39 is 10.0 Å². The maximum absolute atomic E-state index is 13.2. The molecule has 2 heterocycles. The highest BCUT2D eigenvalue weighted by Crippen LogP contribution is 2.36. The molecule has 0 saturated carbocycles. The molecule has 7 nitrogen and oxygen atoms in total. The lowest BCUT2D eigenvalue weighted by atomic mass is 10.1. The number of fused-ring (bicyclic) bond motifs is 1. The van der Waals surface area contributed by atoms with Gasteiger partial charge in [0.15, 0.2) is 5.78 Å². The molecule has 31 heavy (non-hydrogen) atoms. The zero-order valence-electron chi connectivity index (χ0n) is 17.5. The number of anilines is 2. The summed E-state index contributed by atoms with van der Waals surface area (Å²) >= 11 is 1.57. The predicted octanol–water partition coefficient (Wildman–Crippen LogP) is 3.22. The number of benzene rings is 2. The van der Waals surface area contributed by atoms with Crippen molar-refractivity contribution in [2.24, 2.45) is 0 Å². The molecule has 0 unspecified atom stereocenters. The molecule has 2 aromatic rings. The highest BCUT2D eigenvalue weighted by Gasteiger charge is 2.30. The van der Waals surface area contributed by atoms with Crippen LogP contribution in [0.25, 0.3) is 0 Å². The van der Waals surface area contributed by atoms with Gasteiger partial charge in [-0.15, -0.1) is 11.8 Å². The van der Waals surface area contributed by atoms with E-state index >= 15 is 0 Å².